The van der Waals surface area contributed by atoms with Crippen LogP contribution in [-0.2, 0) is 38.1 Å². The first kappa shape index (κ1) is 17.4. The van der Waals surface area contributed by atoms with Crippen LogP contribution in [0.4, 0.5) is 0 Å². The number of hydrogen-bond donors (Lipinski definition) is 0. The van der Waals surface area contributed by atoms with Crippen LogP contribution in [0.1, 0.15) is 27.7 Å². The molecule has 1 rings (SSSR count). The Morgan fingerprint density at radius 3 is 1.71 bits per heavy atom. The number of carbonyl (C=O) groups is 3. The lowest BCUT2D eigenvalue weighted by molar-refractivity contribution is -0.293. The summed E-state index contributed by atoms with van der Waals surface area (Å²) in [4.78, 5) is 33.5. The summed E-state index contributed by atoms with van der Waals surface area (Å²) >= 11 is 0. The Morgan fingerprint density at radius 2 is 1.29 bits per heavy atom. The molecule has 0 amide bonds. The van der Waals surface area contributed by atoms with E-state index in [4.69, 9.17) is 23.7 Å². The topological polar surface area (TPSA) is 97.4 Å². The van der Waals surface area contributed by atoms with Crippen molar-refractivity contribution in [2.75, 3.05) is 7.11 Å². The molecular weight excluding hydrogens is 284 g/mol. The fourth-order valence-corrected chi connectivity index (χ4v) is 2.17. The van der Waals surface area contributed by atoms with Crippen molar-refractivity contribution in [3.63, 3.8) is 0 Å². The van der Waals surface area contributed by atoms with Gasteiger partial charge >= 0.3 is 17.9 Å². The van der Waals surface area contributed by atoms with Gasteiger partial charge in [-0.3, -0.25) is 14.4 Å². The fraction of sp³-hybridized carbons (Fsp3) is 0.769. The van der Waals surface area contributed by atoms with Crippen LogP contribution in [0.5, 0.6) is 0 Å². The van der Waals surface area contributed by atoms with E-state index in [1.165, 1.54) is 27.9 Å². The number of carbonyl (C=O) groups excluding carboxylic acids is 3. The van der Waals surface area contributed by atoms with E-state index in [0.717, 1.165) is 0 Å². The molecule has 0 aliphatic carbocycles. The van der Waals surface area contributed by atoms with Crippen LogP contribution in [0.2, 0.25) is 0 Å². The first-order valence-electron chi connectivity index (χ1n) is 6.46. The Labute approximate surface area is 122 Å². The lowest BCUT2D eigenvalue weighted by Crippen LogP contribution is -2.60. The molecule has 0 aromatic carbocycles. The smallest absolute Gasteiger partial charge is 0.305 e. The molecule has 8 heteroatoms. The molecule has 1 aliphatic rings. The fourth-order valence-electron chi connectivity index (χ4n) is 2.17. The summed E-state index contributed by atoms with van der Waals surface area (Å²) in [5.41, 5.74) is 0. The van der Waals surface area contributed by atoms with E-state index in [1.54, 1.807) is 6.92 Å². The van der Waals surface area contributed by atoms with Crippen molar-refractivity contribution >= 4 is 17.9 Å². The summed E-state index contributed by atoms with van der Waals surface area (Å²) < 4.78 is 26.0. The molecule has 1 aliphatic heterocycles. The minimum atomic E-state index is -1.13. The lowest BCUT2D eigenvalue weighted by atomic mass is 9.99. The number of esters is 3. The van der Waals surface area contributed by atoms with Gasteiger partial charge in [0.15, 0.2) is 12.2 Å². The molecular formula is C13H20O8. The summed E-state index contributed by atoms with van der Waals surface area (Å²) in [6, 6.07) is 0. The zero-order valence-corrected chi connectivity index (χ0v) is 12.7. The monoisotopic (exact) mass is 304 g/mol. The summed E-state index contributed by atoms with van der Waals surface area (Å²) in [5.74, 6) is -1.71. The second-order valence-corrected chi connectivity index (χ2v) is 4.67. The Hall–Kier alpha value is -1.67. The summed E-state index contributed by atoms with van der Waals surface area (Å²) in [5, 5.41) is 0. The Bertz CT molecular complexity index is 407. The summed E-state index contributed by atoms with van der Waals surface area (Å²) in [6.45, 7) is 5.30. The molecule has 0 bridgehead atoms. The summed E-state index contributed by atoms with van der Waals surface area (Å²) in [6.07, 6.45) is -4.36. The molecule has 0 N–H and O–H groups in total. The van der Waals surface area contributed by atoms with Crippen LogP contribution in [0, 0.1) is 0 Å². The molecule has 0 aromatic rings. The third-order valence-electron chi connectivity index (χ3n) is 2.89. The largest absolute Gasteiger partial charge is 0.457 e. The molecule has 21 heavy (non-hydrogen) atoms. The maximum absolute atomic E-state index is 11.2. The second-order valence-electron chi connectivity index (χ2n) is 4.67. The van der Waals surface area contributed by atoms with E-state index in [-0.39, 0.29) is 0 Å². The first-order chi connectivity index (χ1) is 9.76. The third-order valence-corrected chi connectivity index (χ3v) is 2.89. The van der Waals surface area contributed by atoms with Gasteiger partial charge in [-0.1, -0.05) is 0 Å². The lowest BCUT2D eigenvalue weighted by Gasteiger charge is -2.42. The highest BCUT2D eigenvalue weighted by atomic mass is 16.7. The van der Waals surface area contributed by atoms with Crippen LogP contribution in [0.25, 0.3) is 0 Å². The minimum Gasteiger partial charge on any atom is -0.457 e. The van der Waals surface area contributed by atoms with E-state index in [9.17, 15) is 14.4 Å². The number of methoxy groups -OCH3 is 1. The van der Waals surface area contributed by atoms with Gasteiger partial charge in [-0.05, 0) is 6.92 Å². The zero-order chi connectivity index (χ0) is 16.2. The highest BCUT2D eigenvalue weighted by Gasteiger charge is 2.50. The SMILES string of the molecule is COC1C(OC(C)=O)C(C)OC(OC(C)=O)C1OC(C)=O. The summed E-state index contributed by atoms with van der Waals surface area (Å²) in [7, 11) is 1.38. The third kappa shape index (κ3) is 4.68. The molecule has 0 spiro atoms. The average molecular weight is 304 g/mol. The predicted molar refractivity (Wildman–Crippen MR) is 68.0 cm³/mol. The normalized spacial score (nSPS) is 32.1. The van der Waals surface area contributed by atoms with Crippen LogP contribution >= 0.6 is 0 Å². The molecule has 8 nitrogen and oxygen atoms in total. The van der Waals surface area contributed by atoms with Gasteiger partial charge in [-0.15, -0.1) is 0 Å². The quantitative estimate of drug-likeness (QED) is 0.535. The van der Waals surface area contributed by atoms with Crippen molar-refractivity contribution in [2.45, 2.75) is 58.4 Å². The first-order valence-corrected chi connectivity index (χ1v) is 6.46. The van der Waals surface area contributed by atoms with Gasteiger partial charge in [-0.2, -0.15) is 0 Å². The molecule has 1 saturated heterocycles. The second kappa shape index (κ2) is 7.37. The Morgan fingerprint density at radius 1 is 0.810 bits per heavy atom. The Kier molecular flexibility index (Phi) is 6.10. The molecule has 0 radical (unpaired) electrons. The van der Waals surface area contributed by atoms with Crippen molar-refractivity contribution in [2.24, 2.45) is 0 Å². The molecule has 5 atom stereocenters. The highest BCUT2D eigenvalue weighted by Crippen LogP contribution is 2.28. The average Bonchev–Trinajstić information content (AvgIpc) is 2.33. The molecule has 0 saturated carbocycles. The molecule has 1 fully saturated rings. The van der Waals surface area contributed by atoms with Crippen molar-refractivity contribution in [1.82, 2.24) is 0 Å². The van der Waals surface area contributed by atoms with Crippen molar-refractivity contribution in [3.8, 4) is 0 Å². The maximum atomic E-state index is 11.2. The Balaban J connectivity index is 3.02. The van der Waals surface area contributed by atoms with Crippen molar-refractivity contribution < 1.29 is 38.1 Å². The van der Waals surface area contributed by atoms with Gasteiger partial charge in [0.1, 0.15) is 6.10 Å². The van der Waals surface area contributed by atoms with Gasteiger partial charge in [0, 0.05) is 27.9 Å². The standard InChI is InChI=1S/C13H20O8/c1-6-10(19-7(2)14)11(17-5)12(20-8(3)15)13(18-6)21-9(4)16/h6,10-13H,1-5H3. The van der Waals surface area contributed by atoms with Gasteiger partial charge < -0.3 is 23.7 Å². The number of ether oxygens (including phenoxy) is 5. The van der Waals surface area contributed by atoms with Crippen molar-refractivity contribution in [3.05, 3.63) is 0 Å². The van der Waals surface area contributed by atoms with E-state index < -0.39 is 48.6 Å². The predicted octanol–water partition coefficient (Wildman–Crippen LogP) is 0.173. The van der Waals surface area contributed by atoms with Crippen LogP contribution in [0.3, 0.4) is 0 Å². The van der Waals surface area contributed by atoms with Gasteiger partial charge in [0.05, 0.1) is 6.10 Å². The van der Waals surface area contributed by atoms with Crippen molar-refractivity contribution in [1.29, 1.82) is 0 Å². The molecule has 5 unspecified atom stereocenters. The molecule has 0 aromatic heterocycles. The molecule has 120 valence electrons. The van der Waals surface area contributed by atoms with E-state index in [0.29, 0.717) is 0 Å². The van der Waals surface area contributed by atoms with Gasteiger partial charge in [0.25, 0.3) is 0 Å². The molecule has 1 heterocycles. The number of hydrogen-bond acceptors (Lipinski definition) is 8. The van der Waals surface area contributed by atoms with Crippen LogP contribution in [-0.4, -0.2) is 55.7 Å². The highest BCUT2D eigenvalue weighted by molar-refractivity contribution is 5.67. The number of rotatable bonds is 4. The minimum absolute atomic E-state index is 0.523. The van der Waals surface area contributed by atoms with E-state index >= 15 is 0 Å². The van der Waals surface area contributed by atoms with E-state index in [2.05, 4.69) is 0 Å². The van der Waals surface area contributed by atoms with Crippen LogP contribution in [0.15, 0.2) is 0 Å². The van der Waals surface area contributed by atoms with Gasteiger partial charge in [0.2, 0.25) is 6.29 Å². The maximum Gasteiger partial charge on any atom is 0.305 e. The van der Waals surface area contributed by atoms with Crippen LogP contribution < -0.4 is 0 Å². The van der Waals surface area contributed by atoms with E-state index in [1.807, 2.05) is 0 Å². The van der Waals surface area contributed by atoms with Gasteiger partial charge in [-0.25, -0.2) is 0 Å². The zero-order valence-electron chi connectivity index (χ0n) is 12.7.